The van der Waals surface area contributed by atoms with Crippen molar-refractivity contribution in [2.24, 2.45) is 0 Å². The van der Waals surface area contributed by atoms with E-state index in [1.54, 1.807) is 18.7 Å². The maximum absolute atomic E-state index is 9.65. The van der Waals surface area contributed by atoms with Gasteiger partial charge in [-0.05, 0) is 13.8 Å². The molecule has 0 aliphatic heterocycles. The number of anilines is 1. The Hall–Kier alpha value is -0.810. The van der Waals surface area contributed by atoms with Gasteiger partial charge in [0.05, 0.1) is 6.10 Å². The molecule has 0 aromatic carbocycles. The third kappa shape index (κ3) is 4.08. The van der Waals surface area contributed by atoms with Crippen LogP contribution < -0.4 is 5.32 Å². The minimum absolute atomic E-state index is 0.0946. The number of hydrogen-bond donors (Lipinski definition) is 2. The van der Waals surface area contributed by atoms with Gasteiger partial charge >= 0.3 is 0 Å². The number of aliphatic hydroxyl groups is 1. The van der Waals surface area contributed by atoms with Crippen LogP contribution in [0.4, 0.5) is 5.82 Å². The van der Waals surface area contributed by atoms with Crippen molar-refractivity contribution in [3.8, 4) is 0 Å². The van der Waals surface area contributed by atoms with E-state index in [4.69, 9.17) is 0 Å². The van der Waals surface area contributed by atoms with Crippen molar-refractivity contribution in [1.82, 2.24) is 9.97 Å². The summed E-state index contributed by atoms with van der Waals surface area (Å²) < 4.78 is 0. The van der Waals surface area contributed by atoms with Crippen LogP contribution in [0.5, 0.6) is 0 Å². The number of nitrogens with one attached hydrogen (secondary N) is 1. The lowest BCUT2D eigenvalue weighted by atomic mass is 9.95. The molecule has 2 N–H and O–H groups in total. The van der Waals surface area contributed by atoms with E-state index in [0.717, 1.165) is 22.2 Å². The molecule has 0 aliphatic rings. The van der Waals surface area contributed by atoms with Gasteiger partial charge in [0, 0.05) is 23.3 Å². The Bertz CT molecular complexity index is 441. The van der Waals surface area contributed by atoms with Gasteiger partial charge in [0.25, 0.3) is 0 Å². The molecule has 0 amide bonds. The van der Waals surface area contributed by atoms with Crippen LogP contribution >= 0.6 is 11.8 Å². The van der Waals surface area contributed by atoms with Crippen LogP contribution in [0.1, 0.15) is 46.0 Å². The second-order valence-corrected chi connectivity index (χ2v) is 7.26. The Morgan fingerprint density at radius 1 is 1.21 bits per heavy atom. The normalized spacial score (nSPS) is 15.2. The summed E-state index contributed by atoms with van der Waals surface area (Å²) in [7, 11) is 1.87. The fourth-order valence-corrected chi connectivity index (χ4v) is 2.43. The Kier molecular flexibility index (Phi) is 5.21. The predicted molar refractivity (Wildman–Crippen MR) is 82.0 cm³/mol. The fraction of sp³-hybridized carbons (Fsp3) is 0.714. The molecule has 2 atom stereocenters. The molecule has 1 aromatic rings. The predicted octanol–water partition coefficient (Wildman–Crippen LogP) is 2.99. The summed E-state index contributed by atoms with van der Waals surface area (Å²) in [5, 5.41) is 13.8. The second kappa shape index (κ2) is 6.09. The maximum atomic E-state index is 9.65. The van der Waals surface area contributed by atoms with Crippen LogP contribution in [0.3, 0.4) is 0 Å². The van der Waals surface area contributed by atoms with Crippen LogP contribution in [-0.2, 0) is 5.41 Å². The van der Waals surface area contributed by atoms with Crippen molar-refractivity contribution in [2.75, 3.05) is 12.4 Å². The SMILES string of the molecule is CNc1nc(C(C)(C)C)nc(SC(C)C(C)O)c1C. The number of thioether (sulfide) groups is 1. The minimum Gasteiger partial charge on any atom is -0.392 e. The van der Waals surface area contributed by atoms with Gasteiger partial charge in [0.2, 0.25) is 0 Å². The van der Waals surface area contributed by atoms with E-state index in [0.29, 0.717) is 0 Å². The summed E-state index contributed by atoms with van der Waals surface area (Å²) in [5.41, 5.74) is 0.941. The van der Waals surface area contributed by atoms with E-state index < -0.39 is 0 Å². The van der Waals surface area contributed by atoms with Gasteiger partial charge in [-0.2, -0.15) is 0 Å². The molecule has 1 heterocycles. The maximum Gasteiger partial charge on any atom is 0.137 e. The summed E-state index contributed by atoms with van der Waals surface area (Å²) in [4.78, 5) is 9.25. The minimum atomic E-state index is -0.365. The highest BCUT2D eigenvalue weighted by Crippen LogP contribution is 2.32. The summed E-state index contributed by atoms with van der Waals surface area (Å²) in [6.07, 6.45) is -0.365. The van der Waals surface area contributed by atoms with Gasteiger partial charge < -0.3 is 10.4 Å². The fourth-order valence-electron chi connectivity index (χ4n) is 1.46. The van der Waals surface area contributed by atoms with Crippen molar-refractivity contribution in [3.05, 3.63) is 11.4 Å². The number of nitrogens with zero attached hydrogens (tertiary/aromatic N) is 2. The summed E-state index contributed by atoms with van der Waals surface area (Å²) in [5.74, 6) is 1.68. The summed E-state index contributed by atoms with van der Waals surface area (Å²) in [6.45, 7) is 12.1. The zero-order chi connectivity index (χ0) is 14.8. The van der Waals surface area contributed by atoms with Crippen molar-refractivity contribution < 1.29 is 5.11 Å². The molecule has 2 unspecified atom stereocenters. The molecule has 4 nitrogen and oxygen atoms in total. The van der Waals surface area contributed by atoms with Gasteiger partial charge in [-0.25, -0.2) is 9.97 Å². The Morgan fingerprint density at radius 2 is 1.79 bits per heavy atom. The van der Waals surface area contributed by atoms with Crippen molar-refractivity contribution in [1.29, 1.82) is 0 Å². The smallest absolute Gasteiger partial charge is 0.137 e. The van der Waals surface area contributed by atoms with Crippen molar-refractivity contribution in [3.63, 3.8) is 0 Å². The van der Waals surface area contributed by atoms with Crippen molar-refractivity contribution in [2.45, 2.75) is 63.3 Å². The Labute approximate surface area is 120 Å². The summed E-state index contributed by atoms with van der Waals surface area (Å²) >= 11 is 1.60. The van der Waals surface area contributed by atoms with Crippen molar-refractivity contribution >= 4 is 17.6 Å². The lowest BCUT2D eigenvalue weighted by Gasteiger charge is -2.21. The van der Waals surface area contributed by atoms with Gasteiger partial charge in [-0.3, -0.25) is 0 Å². The highest BCUT2D eigenvalue weighted by atomic mass is 32.2. The van der Waals surface area contributed by atoms with Crippen LogP contribution in [0.2, 0.25) is 0 Å². The number of rotatable bonds is 4. The highest BCUT2D eigenvalue weighted by molar-refractivity contribution is 7.99. The number of aliphatic hydroxyl groups excluding tert-OH is 1. The molecule has 5 heteroatoms. The van der Waals surface area contributed by atoms with Gasteiger partial charge in [-0.15, -0.1) is 11.8 Å². The lowest BCUT2D eigenvalue weighted by molar-refractivity contribution is 0.196. The molecular weight excluding hydrogens is 258 g/mol. The third-order valence-electron chi connectivity index (χ3n) is 2.99. The second-order valence-electron chi connectivity index (χ2n) is 5.89. The van der Waals surface area contributed by atoms with Gasteiger partial charge in [-0.1, -0.05) is 27.7 Å². The summed E-state index contributed by atoms with van der Waals surface area (Å²) in [6, 6.07) is 0. The monoisotopic (exact) mass is 283 g/mol. The van der Waals surface area contributed by atoms with E-state index in [9.17, 15) is 5.11 Å². The Balaban J connectivity index is 3.22. The quantitative estimate of drug-likeness (QED) is 0.657. The van der Waals surface area contributed by atoms with E-state index in [1.807, 2.05) is 20.9 Å². The molecule has 1 rings (SSSR count). The molecule has 19 heavy (non-hydrogen) atoms. The topological polar surface area (TPSA) is 58.0 Å². The molecule has 1 aromatic heterocycles. The molecule has 0 saturated carbocycles. The molecular formula is C14H25N3OS. The average Bonchev–Trinajstić information content (AvgIpc) is 2.29. The molecule has 0 fully saturated rings. The zero-order valence-electron chi connectivity index (χ0n) is 12.9. The van der Waals surface area contributed by atoms with E-state index >= 15 is 0 Å². The van der Waals surface area contributed by atoms with Crippen LogP contribution in [0, 0.1) is 6.92 Å². The molecule has 0 bridgehead atoms. The van der Waals surface area contributed by atoms with Gasteiger partial charge in [0.1, 0.15) is 16.7 Å². The molecule has 108 valence electrons. The van der Waals surface area contributed by atoms with E-state index in [1.165, 1.54) is 0 Å². The number of hydrogen-bond acceptors (Lipinski definition) is 5. The first-order chi connectivity index (χ1) is 8.66. The number of aromatic nitrogens is 2. The average molecular weight is 283 g/mol. The highest BCUT2D eigenvalue weighted by Gasteiger charge is 2.22. The van der Waals surface area contributed by atoms with Crippen LogP contribution in [-0.4, -0.2) is 33.5 Å². The molecule has 0 aliphatic carbocycles. The first-order valence-electron chi connectivity index (χ1n) is 6.58. The van der Waals surface area contributed by atoms with Crippen LogP contribution in [0.25, 0.3) is 0 Å². The molecule has 0 radical (unpaired) electrons. The largest absolute Gasteiger partial charge is 0.392 e. The van der Waals surface area contributed by atoms with E-state index in [-0.39, 0.29) is 16.8 Å². The first kappa shape index (κ1) is 16.2. The standard InChI is InChI=1S/C14H25N3OS/c1-8-11(15-7)16-13(14(4,5)6)17-12(8)19-10(3)9(2)18/h9-10,18H,1-7H3,(H,15,16,17). The molecule has 0 spiro atoms. The van der Waals surface area contributed by atoms with Gasteiger partial charge in [0.15, 0.2) is 0 Å². The lowest BCUT2D eigenvalue weighted by Crippen LogP contribution is -2.20. The van der Waals surface area contributed by atoms with Crippen LogP contribution in [0.15, 0.2) is 5.03 Å². The molecule has 0 saturated heterocycles. The Morgan fingerprint density at radius 3 is 2.21 bits per heavy atom. The van der Waals surface area contributed by atoms with E-state index in [2.05, 4.69) is 36.1 Å². The first-order valence-corrected chi connectivity index (χ1v) is 7.46. The zero-order valence-corrected chi connectivity index (χ0v) is 13.7. The third-order valence-corrected chi connectivity index (χ3v) is 4.37.